The maximum absolute atomic E-state index is 11.8. The number of aromatic nitrogens is 2. The number of esters is 1. The number of nitrogens with zero attached hydrogens (tertiary/aromatic N) is 3. The fourth-order valence-corrected chi connectivity index (χ4v) is 2.54. The first-order valence-electron chi connectivity index (χ1n) is 5.64. The fraction of sp³-hybridized carbons (Fsp3) is 0.250. The van der Waals surface area contributed by atoms with Gasteiger partial charge in [0.15, 0.2) is 10.1 Å². The first-order chi connectivity index (χ1) is 9.52. The first kappa shape index (κ1) is 14.5. The number of methoxy groups -OCH3 is 1. The first-order valence-corrected chi connectivity index (χ1v) is 6.89. The lowest BCUT2D eigenvalue weighted by atomic mass is 10.3. The molecule has 20 heavy (non-hydrogen) atoms. The average molecular weight is 314 g/mol. The van der Waals surface area contributed by atoms with Crippen LogP contribution in [0, 0.1) is 0 Å². The quantitative estimate of drug-likeness (QED) is 0.636. The van der Waals surface area contributed by atoms with E-state index in [0.717, 1.165) is 4.96 Å². The largest absolute Gasteiger partial charge is 0.468 e. The smallest absolute Gasteiger partial charge is 0.325 e. The minimum Gasteiger partial charge on any atom is -0.468 e. The van der Waals surface area contributed by atoms with Crippen LogP contribution in [-0.2, 0) is 14.3 Å². The third-order valence-electron chi connectivity index (χ3n) is 2.61. The van der Waals surface area contributed by atoms with Crippen LogP contribution < -0.4 is 0 Å². The second-order valence-electron chi connectivity index (χ2n) is 3.95. The van der Waals surface area contributed by atoms with E-state index in [9.17, 15) is 9.59 Å². The van der Waals surface area contributed by atoms with Crippen molar-refractivity contribution in [3.8, 4) is 0 Å². The Hall–Kier alpha value is -1.86. The Bertz CT molecular complexity index is 677. The van der Waals surface area contributed by atoms with E-state index >= 15 is 0 Å². The van der Waals surface area contributed by atoms with Crippen molar-refractivity contribution in [2.75, 3.05) is 20.7 Å². The maximum atomic E-state index is 11.8. The molecule has 0 saturated carbocycles. The molecular weight excluding hydrogens is 302 g/mol. The molecular formula is C12H12ClN3O3S. The molecule has 0 aliphatic heterocycles. The van der Waals surface area contributed by atoms with Crippen molar-refractivity contribution in [1.29, 1.82) is 0 Å². The summed E-state index contributed by atoms with van der Waals surface area (Å²) in [5.41, 5.74) is 0.628. The highest BCUT2D eigenvalue weighted by molar-refractivity contribution is 7.15. The predicted molar refractivity (Wildman–Crippen MR) is 76.8 cm³/mol. The second-order valence-corrected chi connectivity index (χ2v) is 5.18. The Morgan fingerprint density at radius 2 is 2.35 bits per heavy atom. The van der Waals surface area contributed by atoms with Crippen molar-refractivity contribution < 1.29 is 14.3 Å². The summed E-state index contributed by atoms with van der Waals surface area (Å²) in [4.78, 5) is 29.1. The zero-order valence-electron chi connectivity index (χ0n) is 10.9. The van der Waals surface area contributed by atoms with Crippen LogP contribution in [0.3, 0.4) is 0 Å². The van der Waals surface area contributed by atoms with Gasteiger partial charge in [-0.3, -0.25) is 14.0 Å². The maximum Gasteiger partial charge on any atom is 0.325 e. The van der Waals surface area contributed by atoms with Gasteiger partial charge in [-0.25, -0.2) is 4.98 Å². The van der Waals surface area contributed by atoms with Gasteiger partial charge in [0.25, 0.3) is 0 Å². The van der Waals surface area contributed by atoms with Crippen LogP contribution in [0.1, 0.15) is 5.69 Å². The van der Waals surface area contributed by atoms with Gasteiger partial charge in [0.2, 0.25) is 5.91 Å². The molecule has 0 aliphatic rings. The Morgan fingerprint density at radius 3 is 3.05 bits per heavy atom. The average Bonchev–Trinajstić information content (AvgIpc) is 2.96. The SMILES string of the molecule is COC(=O)CN(C)C(=O)/C=C/c1c(Cl)nc2sccn12. The molecule has 0 spiro atoms. The van der Waals surface area contributed by atoms with Crippen molar-refractivity contribution in [3.05, 3.63) is 28.5 Å². The van der Waals surface area contributed by atoms with Crippen molar-refractivity contribution in [2.24, 2.45) is 0 Å². The van der Waals surface area contributed by atoms with Gasteiger partial charge >= 0.3 is 5.97 Å². The molecule has 0 unspecified atom stereocenters. The van der Waals surface area contributed by atoms with Crippen LogP contribution in [0.2, 0.25) is 5.15 Å². The zero-order chi connectivity index (χ0) is 14.7. The third-order valence-corrected chi connectivity index (χ3v) is 3.64. The third kappa shape index (κ3) is 3.00. The van der Waals surface area contributed by atoms with Crippen molar-refractivity contribution in [3.63, 3.8) is 0 Å². The molecule has 8 heteroatoms. The predicted octanol–water partition coefficient (Wildman–Crippen LogP) is 1.69. The monoisotopic (exact) mass is 313 g/mol. The van der Waals surface area contributed by atoms with Gasteiger partial charge in [0, 0.05) is 24.7 Å². The van der Waals surface area contributed by atoms with Crippen molar-refractivity contribution >= 4 is 45.9 Å². The van der Waals surface area contributed by atoms with Crippen LogP contribution in [-0.4, -0.2) is 46.9 Å². The van der Waals surface area contributed by atoms with E-state index in [1.54, 1.807) is 10.5 Å². The van der Waals surface area contributed by atoms with Gasteiger partial charge in [-0.05, 0) is 6.08 Å². The Labute approximate surface area is 124 Å². The highest BCUT2D eigenvalue weighted by Crippen LogP contribution is 2.22. The van der Waals surface area contributed by atoms with Crippen LogP contribution >= 0.6 is 22.9 Å². The number of ether oxygens (including phenoxy) is 1. The number of hydrogen-bond donors (Lipinski definition) is 0. The lowest BCUT2D eigenvalue weighted by Gasteiger charge is -2.12. The number of imidazole rings is 1. The number of amides is 1. The summed E-state index contributed by atoms with van der Waals surface area (Å²) in [5.74, 6) is -0.798. The van der Waals surface area contributed by atoms with E-state index in [2.05, 4.69) is 9.72 Å². The number of likely N-dealkylation sites (N-methyl/N-ethyl adjacent to an activating group) is 1. The zero-order valence-corrected chi connectivity index (χ0v) is 12.4. The van der Waals surface area contributed by atoms with Gasteiger partial charge < -0.3 is 9.64 Å². The molecule has 2 aromatic heterocycles. The van der Waals surface area contributed by atoms with E-state index in [4.69, 9.17) is 11.6 Å². The van der Waals surface area contributed by atoms with Crippen LogP contribution in [0.15, 0.2) is 17.7 Å². The van der Waals surface area contributed by atoms with E-state index in [-0.39, 0.29) is 12.5 Å². The molecule has 0 saturated heterocycles. The summed E-state index contributed by atoms with van der Waals surface area (Å²) in [6.07, 6.45) is 4.74. The molecule has 0 N–H and O–H groups in total. The van der Waals surface area contributed by atoms with Crippen LogP contribution in [0.5, 0.6) is 0 Å². The lowest BCUT2D eigenvalue weighted by Crippen LogP contribution is -2.31. The number of fused-ring (bicyclic) bond motifs is 1. The summed E-state index contributed by atoms with van der Waals surface area (Å²) in [6.45, 7) is -0.103. The van der Waals surface area contributed by atoms with Crippen molar-refractivity contribution in [1.82, 2.24) is 14.3 Å². The summed E-state index contributed by atoms with van der Waals surface area (Å²) < 4.78 is 6.29. The molecule has 2 rings (SSSR count). The van der Waals surface area contributed by atoms with Gasteiger partial charge in [-0.15, -0.1) is 11.3 Å². The lowest BCUT2D eigenvalue weighted by molar-refractivity contribution is -0.144. The standard InChI is InChI=1S/C12H12ClN3O3S/c1-15(7-10(18)19-2)9(17)4-3-8-11(13)14-12-16(8)5-6-20-12/h3-6H,7H2,1-2H3/b4-3+. The normalized spacial score (nSPS) is 11.2. The number of hydrogen-bond acceptors (Lipinski definition) is 5. The molecule has 0 atom stereocenters. The van der Waals surface area contributed by atoms with Crippen LogP contribution in [0.25, 0.3) is 11.0 Å². The molecule has 0 aromatic carbocycles. The molecule has 106 valence electrons. The van der Waals surface area contributed by atoms with E-state index in [1.165, 1.54) is 36.5 Å². The fourth-order valence-electron chi connectivity index (χ4n) is 1.54. The van der Waals surface area contributed by atoms with Gasteiger partial charge in [-0.2, -0.15) is 0 Å². The van der Waals surface area contributed by atoms with E-state index in [0.29, 0.717) is 10.8 Å². The number of rotatable bonds is 4. The molecule has 0 fully saturated rings. The summed E-state index contributed by atoms with van der Waals surface area (Å²) >= 11 is 7.45. The summed E-state index contributed by atoms with van der Waals surface area (Å²) in [5, 5.41) is 2.21. The van der Waals surface area contributed by atoms with E-state index < -0.39 is 5.97 Å². The molecule has 2 aromatic rings. The number of halogens is 1. The number of carbonyl (C=O) groups is 2. The van der Waals surface area contributed by atoms with Crippen molar-refractivity contribution in [2.45, 2.75) is 0 Å². The van der Waals surface area contributed by atoms with Gasteiger partial charge in [0.05, 0.1) is 12.8 Å². The second kappa shape index (κ2) is 6.06. The van der Waals surface area contributed by atoms with Gasteiger partial charge in [-0.1, -0.05) is 11.6 Å². The van der Waals surface area contributed by atoms with E-state index in [1.807, 2.05) is 11.6 Å². The molecule has 0 aliphatic carbocycles. The number of carbonyl (C=O) groups excluding carboxylic acids is 2. The minimum absolute atomic E-state index is 0.103. The van der Waals surface area contributed by atoms with Gasteiger partial charge in [0.1, 0.15) is 6.54 Å². The molecule has 0 radical (unpaired) electrons. The molecule has 0 bridgehead atoms. The molecule has 2 heterocycles. The topological polar surface area (TPSA) is 63.9 Å². The summed E-state index contributed by atoms with van der Waals surface area (Å²) in [6, 6.07) is 0. The Balaban J connectivity index is 2.12. The highest BCUT2D eigenvalue weighted by atomic mass is 35.5. The molecule has 1 amide bonds. The molecule has 6 nitrogen and oxygen atoms in total. The Kier molecular flexibility index (Phi) is 4.41. The number of thiazole rings is 1. The Morgan fingerprint density at radius 1 is 1.60 bits per heavy atom. The summed E-state index contributed by atoms with van der Waals surface area (Å²) in [7, 11) is 2.79. The highest BCUT2D eigenvalue weighted by Gasteiger charge is 2.12. The minimum atomic E-state index is -0.475. The van der Waals surface area contributed by atoms with Crippen LogP contribution in [0.4, 0.5) is 0 Å².